The molecule has 1 aliphatic rings. The fourth-order valence-electron chi connectivity index (χ4n) is 3.94. The summed E-state index contributed by atoms with van der Waals surface area (Å²) < 4.78 is 30.8. The predicted octanol–water partition coefficient (Wildman–Crippen LogP) is 3.09. The number of ether oxygens (including phenoxy) is 1. The molecule has 10 heteroatoms. The monoisotopic (exact) mass is 460 g/mol. The molecule has 1 N–H and O–H groups in total. The number of alkyl halides is 2. The Hall–Kier alpha value is -3.52. The molecule has 1 fully saturated rings. The van der Waals surface area contributed by atoms with E-state index in [0.29, 0.717) is 43.6 Å². The molecule has 3 rings (SSSR count). The summed E-state index contributed by atoms with van der Waals surface area (Å²) in [5, 5.41) is 18.0. The standard InChI is InChI=1S/C23H26F2N4O4/c1-2-3-4-11-29-15-18(26-27-29)14-23(21(31)32)10-12-28(16-23)20(30)9-8-17-6-5-7-19(13-17)33-22(24)25/h3,5-7,13,15,22H,1,4,8-12,14,16H2,(H,31,32). The number of hydrogen-bond acceptors (Lipinski definition) is 5. The van der Waals surface area contributed by atoms with E-state index in [-0.39, 0.29) is 31.0 Å². The third-order valence-corrected chi connectivity index (χ3v) is 5.66. The molecule has 1 atom stereocenters. The van der Waals surface area contributed by atoms with Crippen LogP contribution in [0.2, 0.25) is 0 Å². The van der Waals surface area contributed by atoms with Gasteiger partial charge in [-0.2, -0.15) is 8.78 Å². The molecule has 1 aromatic carbocycles. The first kappa shape index (κ1) is 24.1. The second kappa shape index (κ2) is 10.9. The number of carboxylic acids is 1. The third kappa shape index (κ3) is 6.49. The Morgan fingerprint density at radius 1 is 1.39 bits per heavy atom. The van der Waals surface area contributed by atoms with Crippen molar-refractivity contribution >= 4 is 11.9 Å². The zero-order chi connectivity index (χ0) is 23.8. The number of carbonyl (C=O) groups is 2. The maximum absolute atomic E-state index is 12.7. The molecular formula is C23H26F2N4O4. The molecule has 1 amide bonds. The molecule has 33 heavy (non-hydrogen) atoms. The Morgan fingerprint density at radius 2 is 2.21 bits per heavy atom. The normalized spacial score (nSPS) is 17.7. The van der Waals surface area contributed by atoms with Crippen LogP contribution in [0.15, 0.2) is 48.8 Å². The second-order valence-electron chi connectivity index (χ2n) is 8.02. The van der Waals surface area contributed by atoms with Gasteiger partial charge in [-0.3, -0.25) is 14.3 Å². The van der Waals surface area contributed by atoms with Gasteiger partial charge in [-0.15, -0.1) is 10.8 Å². The van der Waals surface area contributed by atoms with E-state index in [2.05, 4.69) is 27.4 Å². The van der Waals surface area contributed by atoms with Crippen LogP contribution < -0.4 is 4.74 Å². The van der Waals surface area contributed by atoms with Crippen molar-refractivity contribution in [1.29, 1.82) is 0 Å². The number of amides is 1. The minimum absolute atomic E-state index is 0.0366. The van der Waals surface area contributed by atoms with Crippen LogP contribution in [0, 0.1) is 5.41 Å². The van der Waals surface area contributed by atoms with Crippen molar-refractivity contribution in [3.8, 4) is 5.75 Å². The average molecular weight is 460 g/mol. The van der Waals surface area contributed by atoms with Gasteiger partial charge >= 0.3 is 12.6 Å². The van der Waals surface area contributed by atoms with E-state index in [1.54, 1.807) is 34.0 Å². The Kier molecular flexibility index (Phi) is 7.95. The highest BCUT2D eigenvalue weighted by atomic mass is 19.3. The number of nitrogens with zero attached hydrogens (tertiary/aromatic N) is 4. The van der Waals surface area contributed by atoms with Crippen LogP contribution in [0.5, 0.6) is 5.75 Å². The Morgan fingerprint density at radius 3 is 2.94 bits per heavy atom. The summed E-state index contributed by atoms with van der Waals surface area (Å²) in [5.74, 6) is -1.12. The number of aryl methyl sites for hydroxylation is 2. The summed E-state index contributed by atoms with van der Waals surface area (Å²) in [6.45, 7) is 1.59. The molecule has 0 radical (unpaired) electrons. The van der Waals surface area contributed by atoms with E-state index < -0.39 is 18.0 Å². The zero-order valence-corrected chi connectivity index (χ0v) is 18.1. The van der Waals surface area contributed by atoms with Gasteiger partial charge in [0.05, 0.1) is 11.1 Å². The van der Waals surface area contributed by atoms with Crippen LogP contribution in [0.4, 0.5) is 8.78 Å². The van der Waals surface area contributed by atoms with Crippen molar-refractivity contribution in [2.75, 3.05) is 13.1 Å². The number of rotatable bonds is 11. The third-order valence-electron chi connectivity index (χ3n) is 5.66. The van der Waals surface area contributed by atoms with E-state index >= 15 is 0 Å². The molecule has 2 heterocycles. The highest BCUT2D eigenvalue weighted by Gasteiger charge is 2.46. The lowest BCUT2D eigenvalue weighted by atomic mass is 9.82. The van der Waals surface area contributed by atoms with Crippen LogP contribution in [0.3, 0.4) is 0 Å². The fourth-order valence-corrected chi connectivity index (χ4v) is 3.94. The predicted molar refractivity (Wildman–Crippen MR) is 115 cm³/mol. The lowest BCUT2D eigenvalue weighted by Gasteiger charge is -2.24. The summed E-state index contributed by atoms with van der Waals surface area (Å²) in [4.78, 5) is 26.4. The molecular weight excluding hydrogens is 434 g/mol. The van der Waals surface area contributed by atoms with Crippen LogP contribution in [-0.2, 0) is 29.0 Å². The molecule has 1 aromatic heterocycles. The number of benzene rings is 1. The van der Waals surface area contributed by atoms with Gasteiger partial charge in [0.1, 0.15) is 5.75 Å². The van der Waals surface area contributed by atoms with Crippen LogP contribution >= 0.6 is 0 Å². The Balaban J connectivity index is 1.58. The minimum atomic E-state index is -2.92. The highest BCUT2D eigenvalue weighted by molar-refractivity contribution is 5.81. The smallest absolute Gasteiger partial charge is 0.387 e. The van der Waals surface area contributed by atoms with E-state index in [1.165, 1.54) is 12.1 Å². The number of likely N-dealkylation sites (tertiary alicyclic amines) is 1. The summed E-state index contributed by atoms with van der Waals surface area (Å²) in [6.07, 6.45) is 5.16. The number of hydrogen-bond donors (Lipinski definition) is 1. The summed E-state index contributed by atoms with van der Waals surface area (Å²) >= 11 is 0. The van der Waals surface area contributed by atoms with Crippen molar-refractivity contribution < 1.29 is 28.2 Å². The number of halogens is 2. The number of aliphatic carboxylic acids is 1. The van der Waals surface area contributed by atoms with Gasteiger partial charge in [0.25, 0.3) is 0 Å². The molecule has 2 aromatic rings. The second-order valence-corrected chi connectivity index (χ2v) is 8.02. The van der Waals surface area contributed by atoms with Gasteiger partial charge < -0.3 is 14.7 Å². The van der Waals surface area contributed by atoms with Crippen LogP contribution in [-0.4, -0.2) is 56.6 Å². The van der Waals surface area contributed by atoms with Crippen molar-refractivity contribution in [2.24, 2.45) is 5.41 Å². The largest absolute Gasteiger partial charge is 0.481 e. The average Bonchev–Trinajstić information content (AvgIpc) is 3.40. The SMILES string of the molecule is C=C=CCCn1cc(CC2(C(=O)O)CCN(C(=O)CCc3cccc(OC(F)F)c3)C2)nn1. The quantitative estimate of drug-likeness (QED) is 0.518. The van der Waals surface area contributed by atoms with Gasteiger partial charge in [0, 0.05) is 38.7 Å². The molecule has 0 bridgehead atoms. The first-order valence-electron chi connectivity index (χ1n) is 10.6. The van der Waals surface area contributed by atoms with Gasteiger partial charge in [0.15, 0.2) is 0 Å². The molecule has 176 valence electrons. The maximum atomic E-state index is 12.7. The molecule has 0 spiro atoms. The molecule has 0 aliphatic carbocycles. The van der Waals surface area contributed by atoms with Crippen LogP contribution in [0.1, 0.15) is 30.5 Å². The van der Waals surface area contributed by atoms with Crippen molar-refractivity contribution in [3.05, 3.63) is 60.1 Å². The zero-order valence-electron chi connectivity index (χ0n) is 18.1. The van der Waals surface area contributed by atoms with Gasteiger partial charge in [-0.05, 0) is 43.0 Å². The molecule has 1 aliphatic heterocycles. The van der Waals surface area contributed by atoms with Crippen molar-refractivity contribution in [2.45, 2.75) is 45.3 Å². The highest BCUT2D eigenvalue weighted by Crippen LogP contribution is 2.34. The topological polar surface area (TPSA) is 97.6 Å². The van der Waals surface area contributed by atoms with Crippen LogP contribution in [0.25, 0.3) is 0 Å². The van der Waals surface area contributed by atoms with E-state index in [1.807, 2.05) is 0 Å². The number of carbonyl (C=O) groups excluding carboxylic acids is 1. The lowest BCUT2D eigenvalue weighted by Crippen LogP contribution is -2.38. The van der Waals surface area contributed by atoms with E-state index in [9.17, 15) is 23.5 Å². The Bertz CT molecular complexity index is 1030. The molecule has 0 saturated carbocycles. The van der Waals surface area contributed by atoms with E-state index in [0.717, 1.165) is 0 Å². The lowest BCUT2D eigenvalue weighted by molar-refractivity contribution is -0.148. The molecule has 8 nitrogen and oxygen atoms in total. The Labute approximate surface area is 190 Å². The van der Waals surface area contributed by atoms with Gasteiger partial charge in [0.2, 0.25) is 5.91 Å². The number of aromatic nitrogens is 3. The number of carboxylic acid groups (broad SMARTS) is 1. The molecule has 1 unspecified atom stereocenters. The summed E-state index contributed by atoms with van der Waals surface area (Å²) in [6, 6.07) is 6.21. The minimum Gasteiger partial charge on any atom is -0.481 e. The van der Waals surface area contributed by atoms with Gasteiger partial charge in [-0.1, -0.05) is 23.9 Å². The van der Waals surface area contributed by atoms with E-state index in [4.69, 9.17) is 0 Å². The maximum Gasteiger partial charge on any atom is 0.387 e. The summed E-state index contributed by atoms with van der Waals surface area (Å²) in [7, 11) is 0. The fraction of sp³-hybridized carbons (Fsp3) is 0.435. The summed E-state index contributed by atoms with van der Waals surface area (Å²) in [5.41, 5.74) is 2.81. The van der Waals surface area contributed by atoms with Gasteiger partial charge in [-0.25, -0.2) is 0 Å². The molecule has 1 saturated heterocycles. The first-order chi connectivity index (χ1) is 15.8. The number of allylic oxidation sites excluding steroid dienone is 1. The van der Waals surface area contributed by atoms with Crippen molar-refractivity contribution in [1.82, 2.24) is 19.9 Å². The van der Waals surface area contributed by atoms with Crippen molar-refractivity contribution in [3.63, 3.8) is 0 Å². The first-order valence-corrected chi connectivity index (χ1v) is 10.6.